The number of rotatable bonds is 4. The first-order chi connectivity index (χ1) is 13.3. The van der Waals surface area contributed by atoms with Crippen LogP contribution in [0.4, 0.5) is 10.6 Å². The minimum Gasteiger partial charge on any atom is -0.464 e. The van der Waals surface area contributed by atoms with E-state index >= 15 is 0 Å². The summed E-state index contributed by atoms with van der Waals surface area (Å²) >= 11 is 0. The Hall–Kier alpha value is -3.52. The molecule has 0 unspecified atom stereocenters. The van der Waals surface area contributed by atoms with Gasteiger partial charge in [-0.15, -0.1) is 0 Å². The Kier molecular flexibility index (Phi) is 4.01. The van der Waals surface area contributed by atoms with Crippen molar-refractivity contribution in [1.29, 1.82) is 0 Å². The summed E-state index contributed by atoms with van der Waals surface area (Å²) in [7, 11) is 0. The number of carbonyl (C=O) groups is 2. The van der Waals surface area contributed by atoms with E-state index in [1.54, 1.807) is 18.5 Å². The topological polar surface area (TPSA) is 135 Å². The van der Waals surface area contributed by atoms with E-state index in [2.05, 4.69) is 9.97 Å². The highest BCUT2D eigenvalue weighted by Gasteiger charge is 2.51. The van der Waals surface area contributed by atoms with E-state index in [0.29, 0.717) is 5.01 Å². The molecule has 0 spiro atoms. The number of hydrogen-bond donors (Lipinski definition) is 3. The molecule has 4 rings (SSSR count). The Balaban J connectivity index is 1.71. The number of amides is 2. The average Bonchev–Trinajstić information content (AvgIpc) is 3.48. The van der Waals surface area contributed by atoms with Crippen LogP contribution in [0.1, 0.15) is 24.1 Å². The number of carbonyl (C=O) groups excluding carboxylic acids is 1. The maximum Gasteiger partial charge on any atom is 0.427 e. The molecule has 1 aromatic carbocycles. The van der Waals surface area contributed by atoms with Crippen LogP contribution in [0.25, 0.3) is 21.9 Å². The number of aromatic nitrogens is 2. The molecule has 2 heterocycles. The standard InChI is InChI=1S/C20H19N5O3/c1-11-6-17(25(22)19(27)28)24-10-15(11)13-3-2-12-8-16(23-9-14(12)7-13)20(4-5-20)18(21)26/h2-3,6-10H,4-5,22H2,1H3,(H2,21,26)(H,27,28). The van der Waals surface area contributed by atoms with Gasteiger partial charge in [0.1, 0.15) is 0 Å². The fourth-order valence-corrected chi connectivity index (χ4v) is 3.40. The van der Waals surface area contributed by atoms with Crippen LogP contribution in [0.2, 0.25) is 0 Å². The molecule has 0 aliphatic heterocycles. The van der Waals surface area contributed by atoms with Crippen molar-refractivity contribution in [1.82, 2.24) is 9.97 Å². The minimum absolute atomic E-state index is 0.155. The first-order valence-electron chi connectivity index (χ1n) is 8.77. The lowest BCUT2D eigenvalue weighted by Gasteiger charge is -2.14. The molecule has 8 heteroatoms. The molecule has 1 aliphatic rings. The molecule has 142 valence electrons. The molecule has 0 bridgehead atoms. The Morgan fingerprint density at radius 3 is 2.46 bits per heavy atom. The molecule has 1 aliphatic carbocycles. The number of nitrogens with two attached hydrogens (primary N) is 2. The molecular formula is C20H19N5O3. The molecule has 3 aromatic rings. The zero-order valence-corrected chi connectivity index (χ0v) is 15.2. The predicted molar refractivity (Wildman–Crippen MR) is 105 cm³/mol. The second-order valence-electron chi connectivity index (χ2n) is 7.09. The van der Waals surface area contributed by atoms with Crippen molar-refractivity contribution in [3.05, 3.63) is 54.0 Å². The van der Waals surface area contributed by atoms with Gasteiger partial charge in [0, 0.05) is 23.3 Å². The lowest BCUT2D eigenvalue weighted by atomic mass is 9.96. The first kappa shape index (κ1) is 17.9. The van der Waals surface area contributed by atoms with Crippen molar-refractivity contribution in [2.75, 3.05) is 5.01 Å². The second-order valence-corrected chi connectivity index (χ2v) is 7.09. The number of hydrogen-bond acceptors (Lipinski definition) is 5. The number of pyridine rings is 2. The number of aryl methyl sites for hydroxylation is 1. The number of fused-ring (bicyclic) bond motifs is 1. The third-order valence-electron chi connectivity index (χ3n) is 5.29. The van der Waals surface area contributed by atoms with E-state index in [9.17, 15) is 9.59 Å². The number of primary amides is 1. The quantitative estimate of drug-likeness (QED) is 0.363. The van der Waals surface area contributed by atoms with Crippen molar-refractivity contribution < 1.29 is 14.7 Å². The van der Waals surface area contributed by atoms with Crippen molar-refractivity contribution in [3.8, 4) is 11.1 Å². The van der Waals surface area contributed by atoms with E-state index < -0.39 is 11.5 Å². The summed E-state index contributed by atoms with van der Waals surface area (Å²) in [6.45, 7) is 1.87. The van der Waals surface area contributed by atoms with Crippen LogP contribution in [0.15, 0.2) is 42.7 Å². The zero-order valence-electron chi connectivity index (χ0n) is 15.2. The fraction of sp³-hybridized carbons (Fsp3) is 0.200. The Bertz CT molecular complexity index is 1120. The molecule has 0 radical (unpaired) electrons. The van der Waals surface area contributed by atoms with E-state index in [1.807, 2.05) is 31.2 Å². The number of anilines is 1. The van der Waals surface area contributed by atoms with Gasteiger partial charge in [-0.1, -0.05) is 12.1 Å². The molecule has 1 fully saturated rings. The number of hydrazine groups is 1. The third kappa shape index (κ3) is 2.84. The lowest BCUT2D eigenvalue weighted by Crippen LogP contribution is -2.36. The number of carboxylic acid groups (broad SMARTS) is 1. The number of nitrogens with zero attached hydrogens (tertiary/aromatic N) is 3. The van der Waals surface area contributed by atoms with Gasteiger partial charge in [0.2, 0.25) is 5.91 Å². The van der Waals surface area contributed by atoms with E-state index in [0.717, 1.165) is 46.0 Å². The summed E-state index contributed by atoms with van der Waals surface area (Å²) in [5.41, 5.74) is 8.29. The van der Waals surface area contributed by atoms with Crippen LogP contribution in [0.3, 0.4) is 0 Å². The summed E-state index contributed by atoms with van der Waals surface area (Å²) in [6, 6.07) is 9.45. The Morgan fingerprint density at radius 1 is 1.11 bits per heavy atom. The minimum atomic E-state index is -1.28. The van der Waals surface area contributed by atoms with Gasteiger partial charge in [-0.05, 0) is 54.5 Å². The van der Waals surface area contributed by atoms with Crippen molar-refractivity contribution in [2.24, 2.45) is 11.6 Å². The molecule has 8 nitrogen and oxygen atoms in total. The smallest absolute Gasteiger partial charge is 0.427 e. The van der Waals surface area contributed by atoms with Gasteiger partial charge in [-0.3, -0.25) is 9.78 Å². The molecule has 0 atom stereocenters. The van der Waals surface area contributed by atoms with Crippen molar-refractivity contribution >= 4 is 28.6 Å². The van der Waals surface area contributed by atoms with Gasteiger partial charge < -0.3 is 10.8 Å². The highest BCUT2D eigenvalue weighted by molar-refractivity contribution is 5.92. The Labute approximate surface area is 160 Å². The summed E-state index contributed by atoms with van der Waals surface area (Å²) in [5.74, 6) is 5.30. The van der Waals surface area contributed by atoms with Crippen LogP contribution in [-0.4, -0.2) is 27.1 Å². The largest absolute Gasteiger partial charge is 0.464 e. The van der Waals surface area contributed by atoms with Gasteiger partial charge in [-0.25, -0.2) is 15.6 Å². The fourth-order valence-electron chi connectivity index (χ4n) is 3.40. The molecule has 28 heavy (non-hydrogen) atoms. The molecule has 1 saturated carbocycles. The maximum absolute atomic E-state index is 11.7. The van der Waals surface area contributed by atoms with E-state index in [4.69, 9.17) is 16.7 Å². The van der Waals surface area contributed by atoms with Crippen LogP contribution >= 0.6 is 0 Å². The second kappa shape index (κ2) is 6.28. The van der Waals surface area contributed by atoms with E-state index in [1.165, 1.54) is 0 Å². The van der Waals surface area contributed by atoms with Gasteiger partial charge in [0.05, 0.1) is 11.1 Å². The van der Waals surface area contributed by atoms with Crippen LogP contribution in [0.5, 0.6) is 0 Å². The van der Waals surface area contributed by atoms with Gasteiger partial charge >= 0.3 is 6.09 Å². The van der Waals surface area contributed by atoms with Crippen LogP contribution < -0.4 is 16.6 Å². The molecule has 5 N–H and O–H groups in total. The summed E-state index contributed by atoms with van der Waals surface area (Å²) < 4.78 is 0. The first-order valence-corrected chi connectivity index (χ1v) is 8.77. The third-order valence-corrected chi connectivity index (χ3v) is 5.29. The summed E-state index contributed by atoms with van der Waals surface area (Å²) in [6.07, 6.45) is 3.55. The van der Waals surface area contributed by atoms with Crippen LogP contribution in [-0.2, 0) is 10.2 Å². The van der Waals surface area contributed by atoms with Gasteiger partial charge in [0.25, 0.3) is 0 Å². The number of benzene rings is 1. The highest BCUT2D eigenvalue weighted by atomic mass is 16.4. The monoisotopic (exact) mass is 377 g/mol. The molecule has 2 aromatic heterocycles. The van der Waals surface area contributed by atoms with Gasteiger partial charge in [-0.2, -0.15) is 5.01 Å². The predicted octanol–water partition coefficient (Wildman–Crippen LogP) is 2.48. The average molecular weight is 377 g/mol. The van der Waals surface area contributed by atoms with Gasteiger partial charge in [0.15, 0.2) is 5.82 Å². The lowest BCUT2D eigenvalue weighted by molar-refractivity contribution is -0.120. The van der Waals surface area contributed by atoms with Crippen molar-refractivity contribution in [2.45, 2.75) is 25.2 Å². The molecule has 2 amide bonds. The molecular weight excluding hydrogens is 358 g/mol. The van der Waals surface area contributed by atoms with E-state index in [-0.39, 0.29) is 11.7 Å². The summed E-state index contributed by atoms with van der Waals surface area (Å²) in [4.78, 5) is 31.3. The Morgan fingerprint density at radius 2 is 1.86 bits per heavy atom. The normalized spacial score (nSPS) is 14.6. The summed E-state index contributed by atoms with van der Waals surface area (Å²) in [5, 5.41) is 11.5. The van der Waals surface area contributed by atoms with Crippen LogP contribution in [0, 0.1) is 6.92 Å². The molecule has 0 saturated heterocycles. The highest BCUT2D eigenvalue weighted by Crippen LogP contribution is 2.47. The zero-order chi connectivity index (χ0) is 20.1. The van der Waals surface area contributed by atoms with Crippen molar-refractivity contribution in [3.63, 3.8) is 0 Å². The maximum atomic E-state index is 11.7. The SMILES string of the molecule is Cc1cc(N(N)C(=O)O)ncc1-c1ccc2cc(C3(C(N)=O)CC3)ncc2c1.